The van der Waals surface area contributed by atoms with Crippen LogP contribution in [-0.4, -0.2) is 4.98 Å². The van der Waals surface area contributed by atoms with E-state index in [1.165, 1.54) is 6.07 Å². The maximum Gasteiger partial charge on any atom is 0.219 e. The number of aromatic nitrogens is 1. The molecule has 0 unspecified atom stereocenters. The summed E-state index contributed by atoms with van der Waals surface area (Å²) >= 11 is 0. The van der Waals surface area contributed by atoms with Crippen LogP contribution in [0.3, 0.4) is 0 Å². The largest absolute Gasteiger partial charge is 0.228 e. The summed E-state index contributed by atoms with van der Waals surface area (Å²) in [4.78, 5) is 3.44. The van der Waals surface area contributed by atoms with Crippen LogP contribution in [0, 0.1) is 11.8 Å². The molecule has 1 fully saturated rings. The van der Waals surface area contributed by atoms with E-state index in [1.807, 2.05) is 0 Å². The van der Waals surface area contributed by atoms with Gasteiger partial charge in [0.1, 0.15) is 5.82 Å². The lowest BCUT2D eigenvalue weighted by Gasteiger charge is -2.25. The minimum absolute atomic E-state index is 0.0682. The van der Waals surface area contributed by atoms with Crippen LogP contribution in [0.2, 0.25) is 0 Å². The smallest absolute Gasteiger partial charge is 0.219 e. The molecule has 0 aliphatic heterocycles. The van der Waals surface area contributed by atoms with Crippen LogP contribution < -0.4 is 0 Å². The number of pyridine rings is 1. The highest BCUT2D eigenvalue weighted by atomic mass is 19.1. The predicted molar refractivity (Wildman–Crippen MR) is 40.7 cm³/mol. The van der Waals surface area contributed by atoms with Crippen LogP contribution in [-0.2, 0) is 0 Å². The fourth-order valence-electron chi connectivity index (χ4n) is 1.49. The van der Waals surface area contributed by atoms with Gasteiger partial charge in [-0.2, -0.15) is 4.39 Å². The Kier molecular flexibility index (Phi) is 1.79. The van der Waals surface area contributed by atoms with Gasteiger partial charge in [-0.25, -0.2) is 9.37 Å². The third-order valence-corrected chi connectivity index (χ3v) is 2.40. The molecule has 1 saturated carbocycles. The van der Waals surface area contributed by atoms with Crippen molar-refractivity contribution in [3.05, 3.63) is 29.6 Å². The zero-order chi connectivity index (χ0) is 8.55. The molecule has 0 radical (unpaired) electrons. The molecule has 1 nitrogen and oxygen atoms in total. The van der Waals surface area contributed by atoms with Gasteiger partial charge in [-0.05, 0) is 24.8 Å². The van der Waals surface area contributed by atoms with Gasteiger partial charge in [-0.3, -0.25) is 0 Å². The molecule has 0 atom stereocenters. The lowest BCUT2D eigenvalue weighted by molar-refractivity contribution is 0.380. The minimum Gasteiger partial charge on any atom is -0.228 e. The standard InChI is InChI=1S/C9H9F2N/c10-7-4-5-12-9(11)8(7)6-2-1-3-6/h4-6H,1-3H2. The lowest BCUT2D eigenvalue weighted by Crippen LogP contribution is -2.13. The van der Waals surface area contributed by atoms with Gasteiger partial charge in [-0.15, -0.1) is 0 Å². The fraction of sp³-hybridized carbons (Fsp3) is 0.444. The summed E-state index contributed by atoms with van der Waals surface area (Å²) in [6.45, 7) is 0. The molecule has 0 bridgehead atoms. The van der Waals surface area contributed by atoms with Crippen LogP contribution in [0.4, 0.5) is 8.78 Å². The number of hydrogen-bond acceptors (Lipinski definition) is 1. The van der Waals surface area contributed by atoms with Crippen molar-refractivity contribution in [3.63, 3.8) is 0 Å². The first kappa shape index (κ1) is 7.65. The number of hydrogen-bond donors (Lipinski definition) is 0. The van der Waals surface area contributed by atoms with E-state index in [1.54, 1.807) is 0 Å². The minimum atomic E-state index is -0.639. The van der Waals surface area contributed by atoms with Crippen LogP contribution in [0.1, 0.15) is 30.7 Å². The van der Waals surface area contributed by atoms with Gasteiger partial charge in [0.15, 0.2) is 0 Å². The molecule has 1 aliphatic carbocycles. The van der Waals surface area contributed by atoms with E-state index in [0.717, 1.165) is 25.5 Å². The van der Waals surface area contributed by atoms with Gasteiger partial charge in [0.2, 0.25) is 5.95 Å². The van der Waals surface area contributed by atoms with Gasteiger partial charge in [0, 0.05) is 11.8 Å². The number of nitrogens with zero attached hydrogens (tertiary/aromatic N) is 1. The highest BCUT2D eigenvalue weighted by Gasteiger charge is 2.26. The Labute approximate surface area is 69.4 Å². The van der Waals surface area contributed by atoms with E-state index in [4.69, 9.17) is 0 Å². The summed E-state index contributed by atoms with van der Waals surface area (Å²) in [6.07, 6.45) is 4.00. The van der Waals surface area contributed by atoms with Crippen LogP contribution in [0.15, 0.2) is 12.3 Å². The zero-order valence-corrected chi connectivity index (χ0v) is 6.56. The van der Waals surface area contributed by atoms with Crippen molar-refractivity contribution in [3.8, 4) is 0 Å². The Bertz CT molecular complexity index is 274. The molecule has 1 aliphatic rings. The highest BCUT2D eigenvalue weighted by Crippen LogP contribution is 2.38. The maximum absolute atomic E-state index is 13.0. The molecule has 12 heavy (non-hydrogen) atoms. The van der Waals surface area contributed by atoms with Gasteiger partial charge >= 0.3 is 0 Å². The average Bonchev–Trinajstić information content (AvgIpc) is 1.93. The van der Waals surface area contributed by atoms with E-state index in [-0.39, 0.29) is 11.5 Å². The van der Waals surface area contributed by atoms with E-state index in [0.29, 0.717) is 0 Å². The van der Waals surface area contributed by atoms with Crippen molar-refractivity contribution in [2.24, 2.45) is 0 Å². The molecule has 0 spiro atoms. The van der Waals surface area contributed by atoms with E-state index >= 15 is 0 Å². The Morgan fingerprint density at radius 2 is 2.08 bits per heavy atom. The number of halogens is 2. The lowest BCUT2D eigenvalue weighted by atomic mass is 9.80. The maximum atomic E-state index is 13.0. The van der Waals surface area contributed by atoms with Crippen molar-refractivity contribution >= 4 is 0 Å². The monoisotopic (exact) mass is 169 g/mol. The van der Waals surface area contributed by atoms with E-state index in [9.17, 15) is 8.78 Å². The molecule has 0 amide bonds. The molecular weight excluding hydrogens is 160 g/mol. The molecule has 0 N–H and O–H groups in total. The van der Waals surface area contributed by atoms with Crippen LogP contribution in [0.5, 0.6) is 0 Å². The second-order valence-corrected chi connectivity index (χ2v) is 3.13. The van der Waals surface area contributed by atoms with E-state index in [2.05, 4.69) is 4.98 Å². The summed E-state index contributed by atoms with van der Waals surface area (Å²) in [5, 5.41) is 0. The SMILES string of the molecule is Fc1ccnc(F)c1C1CCC1. The Morgan fingerprint density at radius 1 is 1.33 bits per heavy atom. The molecule has 0 aromatic carbocycles. The molecular formula is C9H9F2N. The Hall–Kier alpha value is -0.990. The Balaban J connectivity index is 2.39. The molecule has 2 rings (SSSR count). The topological polar surface area (TPSA) is 12.9 Å². The van der Waals surface area contributed by atoms with Crippen molar-refractivity contribution < 1.29 is 8.78 Å². The molecule has 0 saturated heterocycles. The van der Waals surface area contributed by atoms with Crippen molar-refractivity contribution in [2.45, 2.75) is 25.2 Å². The van der Waals surface area contributed by atoms with Crippen molar-refractivity contribution in [1.82, 2.24) is 4.98 Å². The van der Waals surface area contributed by atoms with Gasteiger partial charge in [-0.1, -0.05) is 6.42 Å². The summed E-state index contributed by atoms with van der Waals surface area (Å²) in [5.41, 5.74) is 0.184. The van der Waals surface area contributed by atoms with Crippen molar-refractivity contribution in [1.29, 1.82) is 0 Å². The van der Waals surface area contributed by atoms with Gasteiger partial charge in [0.25, 0.3) is 0 Å². The second kappa shape index (κ2) is 2.81. The molecule has 1 heterocycles. The first-order valence-electron chi connectivity index (χ1n) is 4.09. The average molecular weight is 169 g/mol. The summed E-state index contributed by atoms with van der Waals surface area (Å²) in [7, 11) is 0. The molecule has 3 heteroatoms. The van der Waals surface area contributed by atoms with E-state index < -0.39 is 11.8 Å². The molecule has 1 aromatic heterocycles. The first-order valence-corrected chi connectivity index (χ1v) is 4.09. The molecule has 64 valence electrons. The second-order valence-electron chi connectivity index (χ2n) is 3.13. The number of rotatable bonds is 1. The quantitative estimate of drug-likeness (QED) is 0.589. The molecule has 1 aromatic rings. The normalized spacial score (nSPS) is 17.5. The highest BCUT2D eigenvalue weighted by molar-refractivity contribution is 5.20. The fourth-order valence-corrected chi connectivity index (χ4v) is 1.49. The Morgan fingerprint density at radius 3 is 2.58 bits per heavy atom. The summed E-state index contributed by atoms with van der Waals surface area (Å²) in [5.74, 6) is -1.02. The first-order chi connectivity index (χ1) is 5.79. The third-order valence-electron chi connectivity index (χ3n) is 2.40. The zero-order valence-electron chi connectivity index (χ0n) is 6.56. The summed E-state index contributed by atoms with van der Waals surface area (Å²) in [6, 6.07) is 1.22. The summed E-state index contributed by atoms with van der Waals surface area (Å²) < 4.78 is 26.0. The van der Waals surface area contributed by atoms with Crippen LogP contribution in [0.25, 0.3) is 0 Å². The van der Waals surface area contributed by atoms with Crippen molar-refractivity contribution in [2.75, 3.05) is 0 Å². The van der Waals surface area contributed by atoms with Gasteiger partial charge < -0.3 is 0 Å². The predicted octanol–water partition coefficient (Wildman–Crippen LogP) is 2.63. The third kappa shape index (κ3) is 1.09. The van der Waals surface area contributed by atoms with Gasteiger partial charge in [0.05, 0.1) is 0 Å². The van der Waals surface area contributed by atoms with Crippen LogP contribution >= 0.6 is 0 Å².